The van der Waals surface area contributed by atoms with Gasteiger partial charge in [-0.25, -0.2) is 0 Å². The second-order valence-corrected chi connectivity index (χ2v) is 11.0. The third-order valence-corrected chi connectivity index (χ3v) is 8.45. The molecule has 0 unspecified atom stereocenters. The second kappa shape index (κ2) is 10.6. The molecule has 0 amide bonds. The zero-order valence-corrected chi connectivity index (χ0v) is 23.7. The Morgan fingerprint density at radius 2 is 0.698 bits per heavy atom. The van der Waals surface area contributed by atoms with E-state index in [1.165, 1.54) is 54.6 Å². The molecule has 0 aromatic heterocycles. The summed E-state index contributed by atoms with van der Waals surface area (Å²) in [6.45, 7) is 0. The van der Waals surface area contributed by atoms with E-state index in [-0.39, 0.29) is 0 Å². The van der Waals surface area contributed by atoms with Gasteiger partial charge in [-0.3, -0.25) is 0 Å². The van der Waals surface area contributed by atoms with Crippen LogP contribution in [-0.2, 0) is 0 Å². The number of hydrogen-bond donors (Lipinski definition) is 0. The lowest BCUT2D eigenvalue weighted by Crippen LogP contribution is -2.09. The van der Waals surface area contributed by atoms with E-state index in [0.717, 1.165) is 17.1 Å². The van der Waals surface area contributed by atoms with Gasteiger partial charge < -0.3 is 4.90 Å². The third-order valence-electron chi connectivity index (χ3n) is 8.45. The lowest BCUT2D eigenvalue weighted by Gasteiger charge is -2.26. The Bertz CT molecular complexity index is 2200. The molecule has 0 atom stereocenters. The van der Waals surface area contributed by atoms with Gasteiger partial charge in [0.25, 0.3) is 0 Å². The molecule has 1 heteroatoms. The van der Waals surface area contributed by atoms with Crippen LogP contribution in [0.1, 0.15) is 0 Å². The van der Waals surface area contributed by atoms with Gasteiger partial charge in [0.1, 0.15) is 0 Å². The monoisotopic (exact) mass is 547 g/mol. The molecule has 43 heavy (non-hydrogen) atoms. The summed E-state index contributed by atoms with van der Waals surface area (Å²) in [4.78, 5) is 2.32. The maximum Gasteiger partial charge on any atom is 0.0462 e. The first-order chi connectivity index (χ1) is 21.3. The van der Waals surface area contributed by atoms with Crippen LogP contribution in [0.15, 0.2) is 176 Å². The number of para-hydroxylation sites is 1. The smallest absolute Gasteiger partial charge is 0.0462 e. The number of hydrogen-bond acceptors (Lipinski definition) is 1. The van der Waals surface area contributed by atoms with E-state index in [9.17, 15) is 0 Å². The number of rotatable bonds is 5. The summed E-state index contributed by atoms with van der Waals surface area (Å²) in [5.74, 6) is 0. The van der Waals surface area contributed by atoms with Crippen LogP contribution in [0, 0.1) is 0 Å². The lowest BCUT2D eigenvalue weighted by molar-refractivity contribution is 1.28. The summed E-state index contributed by atoms with van der Waals surface area (Å²) < 4.78 is 0. The van der Waals surface area contributed by atoms with Crippen molar-refractivity contribution in [1.82, 2.24) is 0 Å². The van der Waals surface area contributed by atoms with Crippen LogP contribution >= 0.6 is 0 Å². The fourth-order valence-electron chi connectivity index (χ4n) is 6.26. The minimum atomic E-state index is 1.13. The van der Waals surface area contributed by atoms with Gasteiger partial charge in [-0.1, -0.05) is 133 Å². The topological polar surface area (TPSA) is 3.24 Å². The standard InChI is InChI=1S/C42H29N/c1-3-9-30(10-4-1)31-17-23-37(24-18-31)43(36-12-5-2-6-13-36)38-25-19-32(20-26-38)35-16-15-34-22-27-40-39-14-8-7-11-33(39)21-28-41(40)42(34)29-35/h1-29H. The van der Waals surface area contributed by atoms with E-state index in [4.69, 9.17) is 0 Å². The van der Waals surface area contributed by atoms with Crippen molar-refractivity contribution in [2.24, 2.45) is 0 Å². The average Bonchev–Trinajstić information content (AvgIpc) is 3.09. The van der Waals surface area contributed by atoms with Crippen molar-refractivity contribution in [3.8, 4) is 22.3 Å². The minimum absolute atomic E-state index is 1.13. The van der Waals surface area contributed by atoms with Crippen LogP contribution in [0.3, 0.4) is 0 Å². The van der Waals surface area contributed by atoms with Gasteiger partial charge in [0.15, 0.2) is 0 Å². The number of nitrogens with zero attached hydrogens (tertiary/aromatic N) is 1. The summed E-state index contributed by atoms with van der Waals surface area (Å²) in [5, 5.41) is 7.72. The van der Waals surface area contributed by atoms with Gasteiger partial charge in [0.2, 0.25) is 0 Å². The normalized spacial score (nSPS) is 11.3. The molecule has 0 N–H and O–H groups in total. The van der Waals surface area contributed by atoms with Gasteiger partial charge in [-0.15, -0.1) is 0 Å². The molecule has 0 spiro atoms. The molecule has 0 fully saturated rings. The molecule has 0 aliphatic rings. The van der Waals surface area contributed by atoms with Crippen molar-refractivity contribution in [3.63, 3.8) is 0 Å². The van der Waals surface area contributed by atoms with E-state index in [0.29, 0.717) is 0 Å². The first-order valence-electron chi connectivity index (χ1n) is 14.8. The SMILES string of the molecule is c1ccc(-c2ccc(N(c3ccccc3)c3ccc(-c4ccc5ccc6c7ccccc7ccc6c5c4)cc3)cc2)cc1. The quantitative estimate of drug-likeness (QED) is 0.194. The highest BCUT2D eigenvalue weighted by Crippen LogP contribution is 2.38. The largest absolute Gasteiger partial charge is 0.311 e. The summed E-state index contributed by atoms with van der Waals surface area (Å²) in [6, 6.07) is 63.4. The summed E-state index contributed by atoms with van der Waals surface area (Å²) in [5.41, 5.74) is 8.25. The Balaban J connectivity index is 1.18. The van der Waals surface area contributed by atoms with Crippen molar-refractivity contribution in [2.75, 3.05) is 4.90 Å². The van der Waals surface area contributed by atoms with Crippen molar-refractivity contribution in [1.29, 1.82) is 0 Å². The van der Waals surface area contributed by atoms with Gasteiger partial charge >= 0.3 is 0 Å². The highest BCUT2D eigenvalue weighted by Gasteiger charge is 2.13. The fraction of sp³-hybridized carbons (Fsp3) is 0. The fourth-order valence-corrected chi connectivity index (χ4v) is 6.26. The Kier molecular flexibility index (Phi) is 6.20. The van der Waals surface area contributed by atoms with Crippen LogP contribution in [0.4, 0.5) is 17.1 Å². The molecule has 0 saturated carbocycles. The Labute approximate surface area is 251 Å². The van der Waals surface area contributed by atoms with Gasteiger partial charge in [0, 0.05) is 17.1 Å². The van der Waals surface area contributed by atoms with Crippen molar-refractivity contribution < 1.29 is 0 Å². The van der Waals surface area contributed by atoms with E-state index >= 15 is 0 Å². The predicted octanol–water partition coefficient (Wildman–Crippen LogP) is 11.9. The molecular weight excluding hydrogens is 518 g/mol. The van der Waals surface area contributed by atoms with E-state index in [2.05, 4.69) is 181 Å². The predicted molar refractivity (Wildman–Crippen MR) is 185 cm³/mol. The lowest BCUT2D eigenvalue weighted by atomic mass is 9.94. The first-order valence-corrected chi connectivity index (χ1v) is 14.8. The zero-order valence-electron chi connectivity index (χ0n) is 23.7. The highest BCUT2D eigenvalue weighted by molar-refractivity contribution is 6.17. The third kappa shape index (κ3) is 4.62. The Morgan fingerprint density at radius 3 is 1.37 bits per heavy atom. The number of anilines is 3. The van der Waals surface area contributed by atoms with Crippen LogP contribution in [-0.4, -0.2) is 0 Å². The van der Waals surface area contributed by atoms with Gasteiger partial charge in [-0.05, 0) is 97.0 Å². The summed E-state index contributed by atoms with van der Waals surface area (Å²) in [6.07, 6.45) is 0. The maximum absolute atomic E-state index is 2.35. The molecule has 0 saturated heterocycles. The van der Waals surface area contributed by atoms with Crippen molar-refractivity contribution >= 4 is 49.4 Å². The molecule has 0 bridgehead atoms. The molecular formula is C42H29N. The van der Waals surface area contributed by atoms with Crippen LogP contribution in [0.2, 0.25) is 0 Å². The molecule has 0 radical (unpaired) electrons. The van der Waals surface area contributed by atoms with Crippen LogP contribution < -0.4 is 4.90 Å². The molecule has 8 rings (SSSR count). The van der Waals surface area contributed by atoms with E-state index < -0.39 is 0 Å². The molecule has 0 aliphatic heterocycles. The van der Waals surface area contributed by atoms with Crippen molar-refractivity contribution in [3.05, 3.63) is 176 Å². The molecule has 1 nitrogen and oxygen atoms in total. The Morgan fingerprint density at radius 1 is 0.256 bits per heavy atom. The van der Waals surface area contributed by atoms with Gasteiger partial charge in [-0.2, -0.15) is 0 Å². The Hall–Kier alpha value is -5.66. The minimum Gasteiger partial charge on any atom is -0.311 e. The van der Waals surface area contributed by atoms with Crippen LogP contribution in [0.25, 0.3) is 54.6 Å². The molecule has 202 valence electrons. The van der Waals surface area contributed by atoms with Crippen molar-refractivity contribution in [2.45, 2.75) is 0 Å². The van der Waals surface area contributed by atoms with Crippen LogP contribution in [0.5, 0.6) is 0 Å². The molecule has 0 aliphatic carbocycles. The molecule has 8 aromatic rings. The summed E-state index contributed by atoms with van der Waals surface area (Å²) in [7, 11) is 0. The first kappa shape index (κ1) is 25.1. The van der Waals surface area contributed by atoms with Gasteiger partial charge in [0.05, 0.1) is 0 Å². The van der Waals surface area contributed by atoms with E-state index in [1.807, 2.05) is 0 Å². The average molecular weight is 548 g/mol. The highest BCUT2D eigenvalue weighted by atomic mass is 15.1. The molecule has 0 heterocycles. The number of benzene rings is 8. The maximum atomic E-state index is 2.35. The molecule has 8 aromatic carbocycles. The second-order valence-electron chi connectivity index (χ2n) is 11.0. The van der Waals surface area contributed by atoms with E-state index in [1.54, 1.807) is 0 Å². The number of fused-ring (bicyclic) bond motifs is 5. The summed E-state index contributed by atoms with van der Waals surface area (Å²) >= 11 is 0. The zero-order chi connectivity index (χ0) is 28.6.